The summed E-state index contributed by atoms with van der Waals surface area (Å²) < 4.78 is 0. The molecule has 34 heavy (non-hydrogen) atoms. The van der Waals surface area contributed by atoms with Crippen molar-refractivity contribution in [2.24, 2.45) is 5.10 Å². The minimum Gasteiger partial charge on any atom is -0.508 e. The van der Waals surface area contributed by atoms with Crippen LogP contribution in [0.15, 0.2) is 95.4 Å². The lowest BCUT2D eigenvalue weighted by Crippen LogP contribution is -2.21. The molecule has 7 heteroatoms. The van der Waals surface area contributed by atoms with E-state index in [-0.39, 0.29) is 11.8 Å². The molecule has 0 saturated carbocycles. The molecule has 1 unspecified atom stereocenters. The third-order valence-corrected chi connectivity index (χ3v) is 7.05. The summed E-state index contributed by atoms with van der Waals surface area (Å²) in [5.41, 5.74) is 4.63. The Hall–Kier alpha value is -3.74. The van der Waals surface area contributed by atoms with Gasteiger partial charge in [0.25, 0.3) is 0 Å². The Morgan fingerprint density at radius 3 is 2.50 bits per heavy atom. The Morgan fingerprint density at radius 1 is 0.912 bits per heavy atom. The standard InChI is InChI=1S/C27H19ClN4OS/c28-19-10-13-22-21(15-19)26(18-5-2-1-3-6-18)30-27(29-22)32-24(17-8-11-20(33)12-9-17)16-23(31-32)25-7-4-14-34-25/h1-15,24,33H,16H2. The van der Waals surface area contributed by atoms with Crippen molar-refractivity contribution in [1.29, 1.82) is 0 Å². The molecular weight excluding hydrogens is 464 g/mol. The predicted molar refractivity (Wildman–Crippen MR) is 139 cm³/mol. The van der Waals surface area contributed by atoms with Gasteiger partial charge in [-0.05, 0) is 47.3 Å². The van der Waals surface area contributed by atoms with E-state index >= 15 is 0 Å². The number of aromatic hydroxyl groups is 1. The minimum atomic E-state index is -0.0916. The lowest BCUT2D eigenvalue weighted by atomic mass is 10.0. The first-order chi connectivity index (χ1) is 16.7. The maximum atomic E-state index is 9.81. The van der Waals surface area contributed by atoms with Crippen LogP contribution < -0.4 is 5.01 Å². The van der Waals surface area contributed by atoms with Gasteiger partial charge in [-0.2, -0.15) is 5.10 Å². The van der Waals surface area contributed by atoms with Crippen LogP contribution in [-0.2, 0) is 0 Å². The quantitative estimate of drug-likeness (QED) is 0.297. The van der Waals surface area contributed by atoms with Gasteiger partial charge in [0.15, 0.2) is 0 Å². The fourth-order valence-electron chi connectivity index (χ4n) is 4.25. The lowest BCUT2D eigenvalue weighted by Gasteiger charge is -2.23. The van der Waals surface area contributed by atoms with Gasteiger partial charge in [0.2, 0.25) is 5.95 Å². The molecule has 3 heterocycles. The van der Waals surface area contributed by atoms with Crippen LogP contribution in [0, 0.1) is 0 Å². The highest BCUT2D eigenvalue weighted by molar-refractivity contribution is 7.12. The van der Waals surface area contributed by atoms with Gasteiger partial charge in [-0.1, -0.05) is 60.1 Å². The number of aromatic nitrogens is 2. The molecule has 0 spiro atoms. The molecule has 1 atom stereocenters. The zero-order chi connectivity index (χ0) is 23.1. The summed E-state index contributed by atoms with van der Waals surface area (Å²) in [7, 11) is 0. The molecule has 0 radical (unpaired) electrons. The molecular formula is C27H19ClN4OS. The number of benzene rings is 3. The third kappa shape index (κ3) is 3.81. The van der Waals surface area contributed by atoms with Gasteiger partial charge in [-0.25, -0.2) is 15.0 Å². The summed E-state index contributed by atoms with van der Waals surface area (Å²) in [6, 6.07) is 27.0. The maximum Gasteiger partial charge on any atom is 0.247 e. The Kier molecular flexibility index (Phi) is 5.24. The van der Waals surface area contributed by atoms with Crippen molar-refractivity contribution in [2.45, 2.75) is 12.5 Å². The number of phenolic OH excluding ortho intramolecular Hbond substituents is 1. The number of rotatable bonds is 4. The average Bonchev–Trinajstić information content (AvgIpc) is 3.55. The van der Waals surface area contributed by atoms with Crippen molar-refractivity contribution in [3.05, 3.63) is 106 Å². The van der Waals surface area contributed by atoms with Crippen molar-refractivity contribution in [3.8, 4) is 17.0 Å². The molecule has 5 aromatic rings. The molecule has 166 valence electrons. The fraction of sp³-hybridized carbons (Fsp3) is 0.0741. The van der Waals surface area contributed by atoms with Crippen molar-refractivity contribution < 1.29 is 5.11 Å². The second-order valence-corrected chi connectivity index (χ2v) is 9.46. The van der Waals surface area contributed by atoms with E-state index in [0.717, 1.165) is 38.3 Å². The molecule has 2 aromatic heterocycles. The van der Waals surface area contributed by atoms with Gasteiger partial charge in [-0.15, -0.1) is 11.3 Å². The molecule has 0 amide bonds. The van der Waals surface area contributed by atoms with Gasteiger partial charge < -0.3 is 5.11 Å². The highest BCUT2D eigenvalue weighted by Crippen LogP contribution is 2.38. The second-order valence-electron chi connectivity index (χ2n) is 8.08. The van der Waals surface area contributed by atoms with Gasteiger partial charge in [0.05, 0.1) is 27.8 Å². The Bertz CT molecular complexity index is 1500. The largest absolute Gasteiger partial charge is 0.508 e. The van der Waals surface area contributed by atoms with Gasteiger partial charge in [-0.3, -0.25) is 0 Å². The molecule has 0 saturated heterocycles. The highest BCUT2D eigenvalue weighted by atomic mass is 35.5. The number of hydrogen-bond donors (Lipinski definition) is 1. The van der Waals surface area contributed by atoms with Crippen LogP contribution in [0.2, 0.25) is 5.02 Å². The van der Waals surface area contributed by atoms with E-state index in [1.807, 2.05) is 71.7 Å². The Morgan fingerprint density at radius 2 is 1.74 bits per heavy atom. The molecule has 0 aliphatic carbocycles. The lowest BCUT2D eigenvalue weighted by molar-refractivity contribution is 0.475. The van der Waals surface area contributed by atoms with E-state index < -0.39 is 0 Å². The topological polar surface area (TPSA) is 61.6 Å². The van der Waals surface area contributed by atoms with Gasteiger partial charge in [0.1, 0.15) is 5.75 Å². The molecule has 1 N–H and O–H groups in total. The summed E-state index contributed by atoms with van der Waals surface area (Å²) in [6.45, 7) is 0. The van der Waals surface area contributed by atoms with Crippen LogP contribution in [0.3, 0.4) is 0 Å². The molecule has 5 nitrogen and oxygen atoms in total. The minimum absolute atomic E-state index is 0.0916. The number of nitrogens with zero attached hydrogens (tertiary/aromatic N) is 4. The Labute approximate surface area is 205 Å². The number of halogens is 1. The van der Waals surface area contributed by atoms with Crippen LogP contribution in [0.25, 0.3) is 22.2 Å². The SMILES string of the molecule is Oc1ccc(C2CC(c3cccs3)=NN2c2nc(-c3ccccc3)c3cc(Cl)ccc3n2)cc1. The zero-order valence-corrected chi connectivity index (χ0v) is 19.5. The van der Waals surface area contributed by atoms with Crippen LogP contribution in [-0.4, -0.2) is 20.8 Å². The van der Waals surface area contributed by atoms with Gasteiger partial charge >= 0.3 is 0 Å². The summed E-state index contributed by atoms with van der Waals surface area (Å²) in [6.07, 6.45) is 0.716. The summed E-state index contributed by atoms with van der Waals surface area (Å²) in [5, 5.41) is 20.3. The van der Waals surface area contributed by atoms with E-state index in [9.17, 15) is 5.11 Å². The first kappa shape index (κ1) is 20.8. The van der Waals surface area contributed by atoms with E-state index in [2.05, 4.69) is 11.4 Å². The molecule has 6 rings (SSSR count). The van der Waals surface area contributed by atoms with Crippen molar-refractivity contribution in [3.63, 3.8) is 0 Å². The summed E-state index contributed by atoms with van der Waals surface area (Å²) >= 11 is 8.00. The number of hydrazone groups is 1. The summed E-state index contributed by atoms with van der Waals surface area (Å²) in [5.74, 6) is 0.760. The number of hydrogen-bond acceptors (Lipinski definition) is 6. The van der Waals surface area contributed by atoms with Gasteiger partial charge in [0, 0.05) is 22.4 Å². The molecule has 3 aromatic carbocycles. The normalized spacial score (nSPS) is 15.6. The van der Waals surface area contributed by atoms with E-state index in [4.69, 9.17) is 26.7 Å². The number of anilines is 1. The molecule has 1 aliphatic rings. The van der Waals surface area contributed by atoms with E-state index in [1.54, 1.807) is 23.5 Å². The summed E-state index contributed by atoms with van der Waals surface area (Å²) in [4.78, 5) is 11.0. The van der Waals surface area contributed by atoms with Crippen LogP contribution in [0.1, 0.15) is 22.9 Å². The number of thiophene rings is 1. The molecule has 1 aliphatic heterocycles. The fourth-order valence-corrected chi connectivity index (χ4v) is 5.14. The van der Waals surface area contributed by atoms with Crippen LogP contribution in [0.4, 0.5) is 5.95 Å². The molecule has 0 bridgehead atoms. The maximum absolute atomic E-state index is 9.81. The second kappa shape index (κ2) is 8.56. The van der Waals surface area contributed by atoms with Crippen molar-refractivity contribution in [1.82, 2.24) is 9.97 Å². The van der Waals surface area contributed by atoms with E-state index in [1.165, 1.54) is 0 Å². The average molecular weight is 483 g/mol. The van der Waals surface area contributed by atoms with Crippen molar-refractivity contribution in [2.75, 3.05) is 5.01 Å². The first-order valence-corrected chi connectivity index (χ1v) is 12.1. The van der Waals surface area contributed by atoms with Crippen LogP contribution >= 0.6 is 22.9 Å². The Balaban J connectivity index is 1.54. The zero-order valence-electron chi connectivity index (χ0n) is 18.0. The first-order valence-electron chi connectivity index (χ1n) is 10.9. The highest BCUT2D eigenvalue weighted by Gasteiger charge is 2.32. The van der Waals surface area contributed by atoms with E-state index in [0.29, 0.717) is 17.4 Å². The molecule has 0 fully saturated rings. The number of phenols is 1. The van der Waals surface area contributed by atoms with Crippen LogP contribution in [0.5, 0.6) is 5.75 Å². The third-order valence-electron chi connectivity index (χ3n) is 5.89. The monoisotopic (exact) mass is 482 g/mol. The van der Waals surface area contributed by atoms with Crippen molar-refractivity contribution >= 4 is 45.5 Å². The smallest absolute Gasteiger partial charge is 0.247 e. The predicted octanol–water partition coefficient (Wildman–Crippen LogP) is 7.07. The number of fused-ring (bicyclic) bond motifs is 1.